The van der Waals surface area contributed by atoms with E-state index < -0.39 is 0 Å². The molecule has 2 heterocycles. The first-order valence-electron chi connectivity index (χ1n) is 10.9. The van der Waals surface area contributed by atoms with Gasteiger partial charge in [0.05, 0.1) is 27.8 Å². The Labute approximate surface area is 179 Å². The van der Waals surface area contributed by atoms with Gasteiger partial charge in [0.2, 0.25) is 17.6 Å². The molecule has 0 saturated carbocycles. The normalized spacial score (nSPS) is 18.0. The molecule has 0 radical (unpaired) electrons. The van der Waals surface area contributed by atoms with E-state index in [9.17, 15) is 9.59 Å². The van der Waals surface area contributed by atoms with Crippen LogP contribution in [0.1, 0.15) is 44.1 Å². The van der Waals surface area contributed by atoms with Crippen molar-refractivity contribution in [3.8, 4) is 17.2 Å². The SMILES string of the molecule is COc1ccc(CC(=O)N2CCC(C(=O)N3CCCCCC3)CC2)c(OC)c1OC. The van der Waals surface area contributed by atoms with Gasteiger partial charge in [-0.1, -0.05) is 18.9 Å². The van der Waals surface area contributed by atoms with E-state index in [0.717, 1.165) is 44.3 Å². The zero-order valence-corrected chi connectivity index (χ0v) is 18.4. The minimum Gasteiger partial charge on any atom is -0.493 e. The van der Waals surface area contributed by atoms with Crippen LogP contribution in [0.4, 0.5) is 0 Å². The van der Waals surface area contributed by atoms with Crippen molar-refractivity contribution in [2.45, 2.75) is 44.9 Å². The number of ether oxygens (including phenoxy) is 3. The van der Waals surface area contributed by atoms with Crippen LogP contribution in [-0.2, 0) is 16.0 Å². The first kappa shape index (κ1) is 22.2. The second-order valence-corrected chi connectivity index (χ2v) is 8.06. The van der Waals surface area contributed by atoms with Crippen molar-refractivity contribution in [1.82, 2.24) is 9.80 Å². The molecule has 0 N–H and O–H groups in total. The molecule has 0 atom stereocenters. The summed E-state index contributed by atoms with van der Waals surface area (Å²) in [6.45, 7) is 3.02. The summed E-state index contributed by atoms with van der Waals surface area (Å²) in [6.07, 6.45) is 6.36. The monoisotopic (exact) mass is 418 g/mol. The Kier molecular flexibility index (Phi) is 7.82. The fourth-order valence-electron chi connectivity index (χ4n) is 4.50. The number of carbonyl (C=O) groups excluding carboxylic acids is 2. The van der Waals surface area contributed by atoms with Gasteiger partial charge in [0.15, 0.2) is 11.5 Å². The molecule has 0 bridgehead atoms. The number of amides is 2. The largest absolute Gasteiger partial charge is 0.493 e. The van der Waals surface area contributed by atoms with Crippen LogP contribution >= 0.6 is 0 Å². The average Bonchev–Trinajstić information content (AvgIpc) is 3.07. The van der Waals surface area contributed by atoms with E-state index in [4.69, 9.17) is 14.2 Å². The summed E-state index contributed by atoms with van der Waals surface area (Å²) in [7, 11) is 4.68. The van der Waals surface area contributed by atoms with Gasteiger partial charge in [-0.25, -0.2) is 0 Å². The van der Waals surface area contributed by atoms with Gasteiger partial charge in [0.1, 0.15) is 0 Å². The lowest BCUT2D eigenvalue weighted by molar-refractivity contribution is -0.140. The van der Waals surface area contributed by atoms with Crippen molar-refractivity contribution in [3.63, 3.8) is 0 Å². The van der Waals surface area contributed by atoms with Crippen LogP contribution in [0.2, 0.25) is 0 Å². The Hall–Kier alpha value is -2.44. The van der Waals surface area contributed by atoms with Gasteiger partial charge in [0, 0.05) is 37.7 Å². The van der Waals surface area contributed by atoms with Gasteiger partial charge in [-0.15, -0.1) is 0 Å². The second-order valence-electron chi connectivity index (χ2n) is 8.06. The topological polar surface area (TPSA) is 68.3 Å². The highest BCUT2D eigenvalue weighted by atomic mass is 16.5. The second kappa shape index (κ2) is 10.5. The minimum atomic E-state index is 0.0428. The van der Waals surface area contributed by atoms with Crippen LogP contribution in [-0.4, -0.2) is 69.1 Å². The molecule has 2 saturated heterocycles. The van der Waals surface area contributed by atoms with Crippen molar-refractivity contribution in [3.05, 3.63) is 17.7 Å². The lowest BCUT2D eigenvalue weighted by Gasteiger charge is -2.34. The molecule has 1 aromatic carbocycles. The first-order chi connectivity index (χ1) is 14.6. The van der Waals surface area contributed by atoms with E-state index in [1.165, 1.54) is 12.8 Å². The highest BCUT2D eigenvalue weighted by Gasteiger charge is 2.31. The highest BCUT2D eigenvalue weighted by molar-refractivity contribution is 5.82. The molecular formula is C23H34N2O5. The number of rotatable bonds is 6. The number of benzene rings is 1. The third kappa shape index (κ3) is 4.99. The van der Waals surface area contributed by atoms with Gasteiger partial charge in [0.25, 0.3) is 0 Å². The van der Waals surface area contributed by atoms with E-state index in [1.54, 1.807) is 27.4 Å². The van der Waals surface area contributed by atoms with E-state index in [2.05, 4.69) is 0 Å². The minimum absolute atomic E-state index is 0.0428. The van der Waals surface area contributed by atoms with Crippen LogP contribution in [0, 0.1) is 5.92 Å². The maximum atomic E-state index is 12.9. The van der Waals surface area contributed by atoms with Crippen molar-refractivity contribution in [1.29, 1.82) is 0 Å². The number of methoxy groups -OCH3 is 3. The standard InChI is InChI=1S/C23H34N2O5/c1-28-19-9-8-18(21(29-2)22(19)30-3)16-20(26)24-14-10-17(11-15-24)23(27)25-12-6-4-5-7-13-25/h8-9,17H,4-7,10-16H2,1-3H3. The molecule has 0 aromatic heterocycles. The molecular weight excluding hydrogens is 384 g/mol. The van der Waals surface area contributed by atoms with Crippen molar-refractivity contribution in [2.24, 2.45) is 5.92 Å². The molecule has 30 heavy (non-hydrogen) atoms. The number of hydrogen-bond donors (Lipinski definition) is 0. The van der Waals surface area contributed by atoms with Gasteiger partial charge in [-0.2, -0.15) is 0 Å². The molecule has 1 aromatic rings. The molecule has 2 aliphatic rings. The molecule has 3 rings (SSSR count). The maximum absolute atomic E-state index is 12.9. The summed E-state index contributed by atoms with van der Waals surface area (Å²) < 4.78 is 16.2. The molecule has 0 unspecified atom stereocenters. The molecule has 0 spiro atoms. The lowest BCUT2D eigenvalue weighted by atomic mass is 9.94. The van der Waals surface area contributed by atoms with E-state index in [0.29, 0.717) is 30.3 Å². The number of carbonyl (C=O) groups is 2. The van der Waals surface area contributed by atoms with Crippen LogP contribution in [0.15, 0.2) is 12.1 Å². The maximum Gasteiger partial charge on any atom is 0.227 e. The third-order valence-electron chi connectivity index (χ3n) is 6.24. The van der Waals surface area contributed by atoms with E-state index in [-0.39, 0.29) is 24.2 Å². The summed E-state index contributed by atoms with van der Waals surface area (Å²) in [5.41, 5.74) is 0.767. The lowest BCUT2D eigenvalue weighted by Crippen LogP contribution is -2.45. The number of likely N-dealkylation sites (tertiary alicyclic amines) is 2. The molecule has 0 aliphatic carbocycles. The zero-order chi connectivity index (χ0) is 21.5. The fourth-order valence-corrected chi connectivity index (χ4v) is 4.50. The van der Waals surface area contributed by atoms with Gasteiger partial charge >= 0.3 is 0 Å². The summed E-state index contributed by atoms with van der Waals surface area (Å²) in [6, 6.07) is 3.63. The molecule has 7 heteroatoms. The summed E-state index contributed by atoms with van der Waals surface area (Å²) in [5.74, 6) is 1.95. The smallest absolute Gasteiger partial charge is 0.227 e. The highest BCUT2D eigenvalue weighted by Crippen LogP contribution is 2.40. The fraction of sp³-hybridized carbons (Fsp3) is 0.652. The average molecular weight is 419 g/mol. The Bertz CT molecular complexity index is 735. The third-order valence-corrected chi connectivity index (χ3v) is 6.24. The predicted octanol–water partition coefficient (Wildman–Crippen LogP) is 2.90. The summed E-state index contributed by atoms with van der Waals surface area (Å²) in [4.78, 5) is 29.7. The number of nitrogens with zero attached hydrogens (tertiary/aromatic N) is 2. The Morgan fingerprint density at radius 2 is 1.47 bits per heavy atom. The Morgan fingerprint density at radius 1 is 0.833 bits per heavy atom. The molecule has 2 aliphatic heterocycles. The van der Waals surface area contributed by atoms with Crippen molar-refractivity contribution < 1.29 is 23.8 Å². The van der Waals surface area contributed by atoms with Gasteiger partial charge in [-0.05, 0) is 31.7 Å². The van der Waals surface area contributed by atoms with E-state index in [1.807, 2.05) is 15.9 Å². The first-order valence-corrected chi connectivity index (χ1v) is 10.9. The van der Waals surface area contributed by atoms with Crippen LogP contribution in [0.5, 0.6) is 17.2 Å². The Balaban J connectivity index is 1.59. The number of piperidine rings is 1. The molecule has 2 amide bonds. The number of hydrogen-bond acceptors (Lipinski definition) is 5. The van der Waals surface area contributed by atoms with Crippen LogP contribution in [0.3, 0.4) is 0 Å². The van der Waals surface area contributed by atoms with Crippen molar-refractivity contribution >= 4 is 11.8 Å². The quantitative estimate of drug-likeness (QED) is 0.711. The van der Waals surface area contributed by atoms with Crippen LogP contribution in [0.25, 0.3) is 0 Å². The van der Waals surface area contributed by atoms with Crippen LogP contribution < -0.4 is 14.2 Å². The summed E-state index contributed by atoms with van der Waals surface area (Å²) >= 11 is 0. The summed E-state index contributed by atoms with van der Waals surface area (Å²) in [5, 5.41) is 0. The van der Waals surface area contributed by atoms with Crippen molar-refractivity contribution in [2.75, 3.05) is 47.5 Å². The molecule has 2 fully saturated rings. The Morgan fingerprint density at radius 3 is 2.03 bits per heavy atom. The molecule has 7 nitrogen and oxygen atoms in total. The predicted molar refractivity (Wildman–Crippen MR) is 114 cm³/mol. The van der Waals surface area contributed by atoms with E-state index >= 15 is 0 Å². The van der Waals surface area contributed by atoms with Gasteiger partial charge in [-0.3, -0.25) is 9.59 Å². The van der Waals surface area contributed by atoms with Gasteiger partial charge < -0.3 is 24.0 Å². The molecule has 166 valence electrons. The zero-order valence-electron chi connectivity index (χ0n) is 18.4.